The lowest BCUT2D eigenvalue weighted by Gasteiger charge is -2.33. The third-order valence-corrected chi connectivity index (χ3v) is 3.17. The number of piperidine rings is 1. The molecule has 7 heteroatoms. The van der Waals surface area contributed by atoms with Crippen molar-refractivity contribution in [3.63, 3.8) is 0 Å². The van der Waals surface area contributed by atoms with Gasteiger partial charge in [0.05, 0.1) is 5.92 Å². The molecule has 1 rings (SSSR count). The number of hydrogen-bond donors (Lipinski definition) is 2. The Morgan fingerprint density at radius 1 is 1.33 bits per heavy atom. The van der Waals surface area contributed by atoms with E-state index in [1.54, 1.807) is 20.8 Å². The number of hydrogen-bond acceptors (Lipinski definition) is 4. The fourth-order valence-corrected chi connectivity index (χ4v) is 2.08. The molecule has 0 aromatic rings. The van der Waals surface area contributed by atoms with Crippen LogP contribution in [0.1, 0.15) is 40.5 Å². The molecule has 2 amide bonds. The SMILES string of the molecule is C[C@@H](NC(=O)[C@@H]1CCCN(C(=O)OC(C)(C)C)C1)C(=O)O. The third kappa shape index (κ3) is 5.61. The number of ether oxygens (including phenoxy) is 1. The lowest BCUT2D eigenvalue weighted by Crippen LogP contribution is -2.49. The van der Waals surface area contributed by atoms with Crippen molar-refractivity contribution in [3.8, 4) is 0 Å². The molecule has 7 nitrogen and oxygen atoms in total. The van der Waals surface area contributed by atoms with Gasteiger partial charge in [-0.15, -0.1) is 0 Å². The molecule has 21 heavy (non-hydrogen) atoms. The molecule has 1 saturated heterocycles. The third-order valence-electron chi connectivity index (χ3n) is 3.17. The minimum atomic E-state index is -1.08. The molecule has 0 spiro atoms. The van der Waals surface area contributed by atoms with Crippen molar-refractivity contribution in [3.05, 3.63) is 0 Å². The molecule has 120 valence electrons. The van der Waals surface area contributed by atoms with Gasteiger partial charge in [-0.1, -0.05) is 0 Å². The quantitative estimate of drug-likeness (QED) is 0.817. The van der Waals surface area contributed by atoms with E-state index in [1.165, 1.54) is 11.8 Å². The maximum absolute atomic E-state index is 12.0. The van der Waals surface area contributed by atoms with Gasteiger partial charge in [-0.2, -0.15) is 0 Å². The summed E-state index contributed by atoms with van der Waals surface area (Å²) in [6.07, 6.45) is 0.891. The number of aliphatic carboxylic acids is 1. The molecule has 1 aliphatic heterocycles. The van der Waals surface area contributed by atoms with Crippen molar-refractivity contribution in [1.82, 2.24) is 10.2 Å². The summed E-state index contributed by atoms with van der Waals surface area (Å²) < 4.78 is 5.29. The highest BCUT2D eigenvalue weighted by Gasteiger charge is 2.31. The second kappa shape index (κ2) is 6.78. The van der Waals surface area contributed by atoms with Gasteiger partial charge in [0.25, 0.3) is 0 Å². The van der Waals surface area contributed by atoms with Crippen molar-refractivity contribution in [2.45, 2.75) is 52.2 Å². The summed E-state index contributed by atoms with van der Waals surface area (Å²) in [6.45, 7) is 7.57. The molecular formula is C14H24N2O5. The van der Waals surface area contributed by atoms with E-state index in [1.807, 2.05) is 0 Å². The van der Waals surface area contributed by atoms with Gasteiger partial charge in [-0.25, -0.2) is 4.79 Å². The van der Waals surface area contributed by atoms with Crippen LogP contribution in [-0.4, -0.2) is 52.7 Å². The summed E-state index contributed by atoms with van der Waals surface area (Å²) >= 11 is 0. The molecule has 0 aromatic carbocycles. The molecule has 1 heterocycles. The molecule has 0 bridgehead atoms. The average molecular weight is 300 g/mol. The van der Waals surface area contributed by atoms with Crippen LogP contribution in [0.4, 0.5) is 4.79 Å². The van der Waals surface area contributed by atoms with Crippen molar-refractivity contribution >= 4 is 18.0 Å². The minimum absolute atomic E-state index is 0.257. The van der Waals surface area contributed by atoms with Gasteiger partial charge in [0.15, 0.2) is 0 Å². The maximum atomic E-state index is 12.0. The second-order valence-corrected chi connectivity index (χ2v) is 6.33. The molecule has 0 radical (unpaired) electrons. The standard InChI is InChI=1S/C14H24N2O5/c1-9(12(18)19)15-11(17)10-6-5-7-16(8-10)13(20)21-14(2,3)4/h9-10H,5-8H2,1-4H3,(H,15,17)(H,18,19)/t9-,10-/m1/s1. The van der Waals surface area contributed by atoms with Crippen LogP contribution < -0.4 is 5.32 Å². The van der Waals surface area contributed by atoms with Crippen molar-refractivity contribution < 1.29 is 24.2 Å². The zero-order chi connectivity index (χ0) is 16.2. The first-order valence-electron chi connectivity index (χ1n) is 7.11. The van der Waals surface area contributed by atoms with Crippen LogP contribution in [0.25, 0.3) is 0 Å². The van der Waals surface area contributed by atoms with Crippen LogP contribution in [0.15, 0.2) is 0 Å². The van der Waals surface area contributed by atoms with E-state index in [9.17, 15) is 14.4 Å². The van der Waals surface area contributed by atoms with Crippen LogP contribution in [0, 0.1) is 5.92 Å². The normalized spacial score (nSPS) is 20.6. The molecule has 1 fully saturated rings. The van der Waals surface area contributed by atoms with E-state index >= 15 is 0 Å². The monoisotopic (exact) mass is 300 g/mol. The highest BCUT2D eigenvalue weighted by atomic mass is 16.6. The van der Waals surface area contributed by atoms with Crippen LogP contribution >= 0.6 is 0 Å². The fraction of sp³-hybridized carbons (Fsp3) is 0.786. The maximum Gasteiger partial charge on any atom is 0.410 e. The molecule has 1 aliphatic rings. The molecule has 0 unspecified atom stereocenters. The number of nitrogens with zero attached hydrogens (tertiary/aromatic N) is 1. The second-order valence-electron chi connectivity index (χ2n) is 6.33. The number of likely N-dealkylation sites (tertiary alicyclic amines) is 1. The molecule has 0 aromatic heterocycles. The number of rotatable bonds is 3. The molecule has 0 saturated carbocycles. The van der Waals surface area contributed by atoms with Crippen molar-refractivity contribution in [2.75, 3.05) is 13.1 Å². The minimum Gasteiger partial charge on any atom is -0.480 e. The number of carbonyl (C=O) groups is 3. The summed E-state index contributed by atoms with van der Waals surface area (Å²) in [6, 6.07) is -0.936. The first-order chi connectivity index (χ1) is 9.60. The lowest BCUT2D eigenvalue weighted by atomic mass is 9.97. The number of nitrogens with one attached hydrogen (secondary N) is 1. The Morgan fingerprint density at radius 2 is 1.95 bits per heavy atom. The molecule has 2 N–H and O–H groups in total. The largest absolute Gasteiger partial charge is 0.480 e. The Kier molecular flexibility index (Phi) is 5.57. The fourth-order valence-electron chi connectivity index (χ4n) is 2.08. The Labute approximate surface area is 124 Å². The molecule has 2 atom stereocenters. The van der Waals surface area contributed by atoms with E-state index in [2.05, 4.69) is 5.32 Å². The average Bonchev–Trinajstić information content (AvgIpc) is 2.36. The summed E-state index contributed by atoms with van der Waals surface area (Å²) in [5.74, 6) is -1.81. The Morgan fingerprint density at radius 3 is 2.48 bits per heavy atom. The molecular weight excluding hydrogens is 276 g/mol. The zero-order valence-electron chi connectivity index (χ0n) is 13.0. The van der Waals surface area contributed by atoms with Gasteiger partial charge in [0.2, 0.25) is 5.91 Å². The van der Waals surface area contributed by atoms with Crippen LogP contribution in [0.3, 0.4) is 0 Å². The van der Waals surface area contributed by atoms with Crippen molar-refractivity contribution in [1.29, 1.82) is 0 Å². The number of carbonyl (C=O) groups excluding carboxylic acids is 2. The first kappa shape index (κ1) is 17.3. The van der Waals surface area contributed by atoms with E-state index in [0.29, 0.717) is 19.4 Å². The topological polar surface area (TPSA) is 95.9 Å². The van der Waals surface area contributed by atoms with E-state index in [0.717, 1.165) is 0 Å². The van der Waals surface area contributed by atoms with E-state index < -0.39 is 29.6 Å². The van der Waals surface area contributed by atoms with E-state index in [4.69, 9.17) is 9.84 Å². The summed E-state index contributed by atoms with van der Waals surface area (Å²) in [7, 11) is 0. The Bertz CT molecular complexity index is 416. The van der Waals surface area contributed by atoms with Gasteiger partial charge in [0.1, 0.15) is 11.6 Å². The Hall–Kier alpha value is -1.79. The number of amides is 2. The van der Waals surface area contributed by atoms with Gasteiger partial charge < -0.3 is 20.1 Å². The van der Waals surface area contributed by atoms with E-state index in [-0.39, 0.29) is 12.5 Å². The first-order valence-corrected chi connectivity index (χ1v) is 7.11. The zero-order valence-corrected chi connectivity index (χ0v) is 13.0. The predicted molar refractivity (Wildman–Crippen MR) is 75.8 cm³/mol. The van der Waals surface area contributed by atoms with Crippen LogP contribution in [0.5, 0.6) is 0 Å². The highest BCUT2D eigenvalue weighted by molar-refractivity contribution is 5.85. The lowest BCUT2D eigenvalue weighted by molar-refractivity contribution is -0.142. The smallest absolute Gasteiger partial charge is 0.410 e. The van der Waals surface area contributed by atoms with Crippen molar-refractivity contribution in [2.24, 2.45) is 5.92 Å². The molecule has 0 aliphatic carbocycles. The van der Waals surface area contributed by atoms with Gasteiger partial charge >= 0.3 is 12.1 Å². The van der Waals surface area contributed by atoms with Gasteiger partial charge in [-0.05, 0) is 40.5 Å². The number of carboxylic acid groups (broad SMARTS) is 1. The predicted octanol–water partition coefficient (Wildman–Crippen LogP) is 1.22. The van der Waals surface area contributed by atoms with Crippen LogP contribution in [0.2, 0.25) is 0 Å². The van der Waals surface area contributed by atoms with Crippen LogP contribution in [-0.2, 0) is 14.3 Å². The summed E-state index contributed by atoms with van der Waals surface area (Å²) in [5.41, 5.74) is -0.579. The highest BCUT2D eigenvalue weighted by Crippen LogP contribution is 2.19. The summed E-state index contributed by atoms with van der Waals surface area (Å²) in [4.78, 5) is 36.3. The van der Waals surface area contributed by atoms with Gasteiger partial charge in [0, 0.05) is 13.1 Å². The van der Waals surface area contributed by atoms with Gasteiger partial charge in [-0.3, -0.25) is 9.59 Å². The Balaban J connectivity index is 2.57. The number of carboxylic acids is 1. The summed E-state index contributed by atoms with van der Waals surface area (Å²) in [5, 5.41) is 11.2.